The van der Waals surface area contributed by atoms with Gasteiger partial charge >= 0.3 is 0 Å². The number of carbonyl (C=O) groups excluding carboxylic acids is 1. The molecule has 0 radical (unpaired) electrons. The first-order valence-corrected chi connectivity index (χ1v) is 10.8. The molecule has 138 valence electrons. The van der Waals surface area contributed by atoms with Crippen molar-refractivity contribution in [3.63, 3.8) is 0 Å². The van der Waals surface area contributed by atoms with Crippen molar-refractivity contribution in [3.8, 4) is 0 Å². The van der Waals surface area contributed by atoms with Crippen LogP contribution in [0, 0.1) is 0 Å². The predicted molar refractivity (Wildman–Crippen MR) is 108 cm³/mol. The molecule has 1 fully saturated rings. The van der Waals surface area contributed by atoms with Crippen LogP contribution in [0.1, 0.15) is 54.7 Å². The van der Waals surface area contributed by atoms with Gasteiger partial charge in [-0.15, -0.1) is 11.3 Å². The lowest BCUT2D eigenvalue weighted by Crippen LogP contribution is -2.49. The van der Waals surface area contributed by atoms with Crippen molar-refractivity contribution in [2.75, 3.05) is 19.6 Å². The van der Waals surface area contributed by atoms with Gasteiger partial charge in [-0.2, -0.15) is 0 Å². The molecule has 0 saturated carbocycles. The zero-order chi connectivity index (χ0) is 17.9. The summed E-state index contributed by atoms with van der Waals surface area (Å²) in [5.74, 6) is 0.316. The lowest BCUT2D eigenvalue weighted by atomic mass is 9.93. The van der Waals surface area contributed by atoms with Gasteiger partial charge in [0.05, 0.1) is 12.6 Å². The van der Waals surface area contributed by atoms with E-state index < -0.39 is 0 Å². The van der Waals surface area contributed by atoms with Crippen LogP contribution in [-0.2, 0) is 11.2 Å². The Morgan fingerprint density at radius 2 is 2.00 bits per heavy atom. The molecule has 3 nitrogen and oxygen atoms in total. The number of thiophene rings is 1. The number of piperidine rings is 1. The quantitative estimate of drug-likeness (QED) is 0.794. The van der Waals surface area contributed by atoms with Gasteiger partial charge in [0.25, 0.3) is 0 Å². The Bertz CT molecular complexity index is 742. The predicted octanol–water partition coefficient (Wildman–Crippen LogP) is 4.49. The molecule has 0 spiro atoms. The number of benzene rings is 1. The van der Waals surface area contributed by atoms with E-state index in [4.69, 9.17) is 0 Å². The van der Waals surface area contributed by atoms with E-state index in [0.717, 1.165) is 32.4 Å². The second-order valence-corrected chi connectivity index (χ2v) is 8.48. The Balaban J connectivity index is 1.57. The molecule has 0 aliphatic carbocycles. The summed E-state index contributed by atoms with van der Waals surface area (Å²) in [5.41, 5.74) is 2.69. The van der Waals surface area contributed by atoms with Crippen molar-refractivity contribution in [2.45, 2.75) is 51.1 Å². The van der Waals surface area contributed by atoms with Crippen LogP contribution in [0.4, 0.5) is 0 Å². The van der Waals surface area contributed by atoms with E-state index in [0.29, 0.717) is 18.5 Å². The van der Waals surface area contributed by atoms with Crippen LogP contribution in [0.15, 0.2) is 41.8 Å². The molecule has 2 aromatic rings. The Labute approximate surface area is 160 Å². The van der Waals surface area contributed by atoms with Crippen LogP contribution in [0.3, 0.4) is 0 Å². The van der Waals surface area contributed by atoms with Crippen molar-refractivity contribution in [1.82, 2.24) is 9.80 Å². The molecule has 0 bridgehead atoms. The third-order valence-corrected chi connectivity index (χ3v) is 6.93. The van der Waals surface area contributed by atoms with Crippen molar-refractivity contribution in [1.29, 1.82) is 0 Å². The summed E-state index contributed by atoms with van der Waals surface area (Å²) in [6.45, 7) is 4.64. The molecule has 1 saturated heterocycles. The van der Waals surface area contributed by atoms with Crippen LogP contribution in [0.2, 0.25) is 0 Å². The summed E-state index contributed by atoms with van der Waals surface area (Å²) in [5, 5.41) is 2.20. The topological polar surface area (TPSA) is 23.6 Å². The average Bonchev–Trinajstić information content (AvgIpc) is 3.17. The van der Waals surface area contributed by atoms with E-state index in [9.17, 15) is 4.79 Å². The third kappa shape index (κ3) is 3.45. The van der Waals surface area contributed by atoms with E-state index in [1.165, 1.54) is 28.8 Å². The highest BCUT2D eigenvalue weighted by Crippen LogP contribution is 2.37. The Kier molecular flexibility index (Phi) is 5.41. The van der Waals surface area contributed by atoms with Crippen molar-refractivity contribution >= 4 is 17.2 Å². The largest absolute Gasteiger partial charge is 0.339 e. The SMILES string of the molecule is CCC1CCCCN1C(=O)CN1CCc2sccc2C1c1ccccc1. The molecule has 1 amide bonds. The molecule has 2 unspecified atom stereocenters. The standard InChI is InChI=1S/C22H28N2OS/c1-2-18-10-6-7-13-24(18)21(25)16-23-14-11-20-19(12-15-26-20)22(23)17-8-4-3-5-9-17/h3-5,8-9,12,15,18,22H,2,6-7,10-11,13-14,16H2,1H3. The number of carbonyl (C=O) groups is 1. The Morgan fingerprint density at radius 1 is 1.15 bits per heavy atom. The number of nitrogens with zero attached hydrogens (tertiary/aromatic N) is 2. The van der Waals surface area contributed by atoms with Crippen LogP contribution in [0.5, 0.6) is 0 Å². The lowest BCUT2D eigenvalue weighted by molar-refractivity contribution is -0.136. The van der Waals surface area contributed by atoms with Gasteiger partial charge in [0, 0.05) is 24.0 Å². The molecule has 2 aliphatic heterocycles. The Hall–Kier alpha value is -1.65. The fourth-order valence-corrected chi connectivity index (χ4v) is 5.49. The monoisotopic (exact) mass is 368 g/mol. The minimum atomic E-state index is 0.208. The summed E-state index contributed by atoms with van der Waals surface area (Å²) in [4.78, 5) is 19.2. The van der Waals surface area contributed by atoms with Gasteiger partial charge in [-0.3, -0.25) is 9.69 Å². The average molecular weight is 369 g/mol. The molecule has 2 atom stereocenters. The summed E-state index contributed by atoms with van der Waals surface area (Å²) < 4.78 is 0. The van der Waals surface area contributed by atoms with Gasteiger partial charge in [-0.25, -0.2) is 0 Å². The molecule has 26 heavy (non-hydrogen) atoms. The van der Waals surface area contributed by atoms with E-state index in [1.54, 1.807) is 0 Å². The summed E-state index contributed by atoms with van der Waals surface area (Å²) in [6.07, 6.45) is 5.71. The van der Waals surface area contributed by atoms with Crippen LogP contribution in [-0.4, -0.2) is 41.4 Å². The lowest BCUT2D eigenvalue weighted by Gasteiger charge is -2.40. The van der Waals surface area contributed by atoms with Crippen LogP contribution >= 0.6 is 11.3 Å². The number of amides is 1. The summed E-state index contributed by atoms with van der Waals surface area (Å²) in [6, 6.07) is 13.6. The molecule has 2 aliphatic rings. The van der Waals surface area contributed by atoms with Gasteiger partial charge in [-0.05, 0) is 54.7 Å². The van der Waals surface area contributed by atoms with E-state index in [1.807, 2.05) is 11.3 Å². The highest BCUT2D eigenvalue weighted by Gasteiger charge is 2.33. The van der Waals surface area contributed by atoms with E-state index in [2.05, 4.69) is 58.5 Å². The van der Waals surface area contributed by atoms with Crippen molar-refractivity contribution in [2.24, 2.45) is 0 Å². The maximum Gasteiger partial charge on any atom is 0.237 e. The molecule has 0 N–H and O–H groups in total. The second kappa shape index (κ2) is 7.93. The summed E-state index contributed by atoms with van der Waals surface area (Å²) in [7, 11) is 0. The first-order chi connectivity index (χ1) is 12.8. The zero-order valence-electron chi connectivity index (χ0n) is 15.6. The maximum atomic E-state index is 13.1. The number of likely N-dealkylation sites (tertiary alicyclic amines) is 1. The minimum absolute atomic E-state index is 0.208. The van der Waals surface area contributed by atoms with Crippen LogP contribution < -0.4 is 0 Å². The van der Waals surface area contributed by atoms with Crippen molar-refractivity contribution in [3.05, 3.63) is 57.8 Å². The normalized spacial score (nSPS) is 23.7. The molecular weight excluding hydrogens is 340 g/mol. The number of hydrogen-bond acceptors (Lipinski definition) is 3. The van der Waals surface area contributed by atoms with Gasteiger partial charge in [0.2, 0.25) is 5.91 Å². The molecule has 1 aromatic heterocycles. The van der Waals surface area contributed by atoms with E-state index in [-0.39, 0.29) is 6.04 Å². The first-order valence-electron chi connectivity index (χ1n) is 9.92. The third-order valence-electron chi connectivity index (χ3n) is 5.94. The fourth-order valence-electron chi connectivity index (χ4n) is 4.58. The Morgan fingerprint density at radius 3 is 2.81 bits per heavy atom. The molecule has 3 heterocycles. The number of fused-ring (bicyclic) bond motifs is 1. The highest BCUT2D eigenvalue weighted by molar-refractivity contribution is 7.10. The zero-order valence-corrected chi connectivity index (χ0v) is 16.4. The van der Waals surface area contributed by atoms with Gasteiger partial charge < -0.3 is 4.90 Å². The second-order valence-electron chi connectivity index (χ2n) is 7.48. The van der Waals surface area contributed by atoms with Gasteiger partial charge in [0.1, 0.15) is 0 Å². The van der Waals surface area contributed by atoms with Crippen LogP contribution in [0.25, 0.3) is 0 Å². The number of hydrogen-bond donors (Lipinski definition) is 0. The molecule has 4 rings (SSSR count). The first kappa shape index (κ1) is 17.7. The minimum Gasteiger partial charge on any atom is -0.339 e. The summed E-state index contributed by atoms with van der Waals surface area (Å²) >= 11 is 1.85. The molecular formula is C22H28N2OS. The van der Waals surface area contributed by atoms with Crippen molar-refractivity contribution < 1.29 is 4.79 Å². The number of rotatable bonds is 4. The van der Waals surface area contributed by atoms with Gasteiger partial charge in [-0.1, -0.05) is 37.3 Å². The van der Waals surface area contributed by atoms with E-state index >= 15 is 0 Å². The molecule has 4 heteroatoms. The maximum absolute atomic E-state index is 13.1. The van der Waals surface area contributed by atoms with Gasteiger partial charge in [0.15, 0.2) is 0 Å². The smallest absolute Gasteiger partial charge is 0.237 e. The molecule has 1 aromatic carbocycles. The highest BCUT2D eigenvalue weighted by atomic mass is 32.1. The fraction of sp³-hybridized carbons (Fsp3) is 0.500.